The predicted molar refractivity (Wildman–Crippen MR) is 61.3 cm³/mol. The Morgan fingerprint density at radius 3 is 2.88 bits per heavy atom. The van der Waals surface area contributed by atoms with Crippen molar-refractivity contribution in [3.05, 3.63) is 0 Å². The zero-order chi connectivity index (χ0) is 11.9. The van der Waals surface area contributed by atoms with Crippen LogP contribution in [0.5, 0.6) is 0 Å². The fourth-order valence-corrected chi connectivity index (χ4v) is 1.76. The smallest absolute Gasteiger partial charge is 0.240 e. The lowest BCUT2D eigenvalue weighted by molar-refractivity contribution is -0.126. The Labute approximate surface area is 96.9 Å². The molecule has 16 heavy (non-hydrogen) atoms. The average molecular weight is 230 g/mol. The van der Waals surface area contributed by atoms with Crippen LogP contribution in [0.2, 0.25) is 0 Å². The highest BCUT2D eigenvalue weighted by Crippen LogP contribution is 2.17. The van der Waals surface area contributed by atoms with E-state index < -0.39 is 0 Å². The largest absolute Gasteiger partial charge is 0.382 e. The first-order valence-corrected chi connectivity index (χ1v) is 5.79. The summed E-state index contributed by atoms with van der Waals surface area (Å²) < 4.78 is 10.1. The highest BCUT2D eigenvalue weighted by atomic mass is 16.5. The van der Waals surface area contributed by atoms with Gasteiger partial charge in [0.05, 0.1) is 25.4 Å². The Kier molecular flexibility index (Phi) is 5.73. The number of nitrogens with one attached hydrogen (secondary N) is 2. The van der Waals surface area contributed by atoms with E-state index in [2.05, 4.69) is 10.6 Å². The minimum atomic E-state index is -0.382. The molecule has 1 fully saturated rings. The van der Waals surface area contributed by atoms with Gasteiger partial charge in [-0.1, -0.05) is 0 Å². The molecule has 1 atom stereocenters. The molecule has 0 radical (unpaired) electrons. The number of carbonyl (C=O) groups excluding carboxylic acids is 1. The molecule has 1 amide bonds. The van der Waals surface area contributed by atoms with E-state index in [1.165, 1.54) is 0 Å². The van der Waals surface area contributed by atoms with E-state index in [0.717, 1.165) is 19.4 Å². The molecule has 0 bridgehead atoms. The van der Waals surface area contributed by atoms with Crippen LogP contribution in [0, 0.1) is 0 Å². The molecular weight excluding hydrogens is 208 g/mol. The second kappa shape index (κ2) is 6.83. The maximum Gasteiger partial charge on any atom is 0.240 e. The van der Waals surface area contributed by atoms with Crippen molar-refractivity contribution in [2.24, 2.45) is 0 Å². The molecule has 94 valence electrons. The first-order valence-electron chi connectivity index (χ1n) is 5.79. The summed E-state index contributed by atoms with van der Waals surface area (Å²) in [6.07, 6.45) is 1.97. The Balaban J connectivity index is 2.06. The fraction of sp³-hybridized carbons (Fsp3) is 0.909. The lowest BCUT2D eigenvalue weighted by Crippen LogP contribution is -2.51. The van der Waals surface area contributed by atoms with E-state index >= 15 is 0 Å². The molecule has 5 heteroatoms. The summed E-state index contributed by atoms with van der Waals surface area (Å²) in [5.41, 5.74) is -0.382. The van der Waals surface area contributed by atoms with E-state index in [0.29, 0.717) is 26.4 Å². The van der Waals surface area contributed by atoms with E-state index in [4.69, 9.17) is 9.47 Å². The number of amides is 1. The van der Waals surface area contributed by atoms with Gasteiger partial charge in [0.2, 0.25) is 5.91 Å². The molecule has 1 aliphatic heterocycles. The van der Waals surface area contributed by atoms with Crippen LogP contribution < -0.4 is 10.6 Å². The first kappa shape index (κ1) is 13.4. The summed E-state index contributed by atoms with van der Waals surface area (Å²) in [5.74, 6) is 0.0698. The van der Waals surface area contributed by atoms with Crippen molar-refractivity contribution in [3.63, 3.8) is 0 Å². The van der Waals surface area contributed by atoms with Gasteiger partial charge in [-0.25, -0.2) is 0 Å². The van der Waals surface area contributed by atoms with Crippen molar-refractivity contribution in [2.75, 3.05) is 40.0 Å². The Morgan fingerprint density at radius 1 is 1.44 bits per heavy atom. The molecule has 0 aromatic heterocycles. The highest BCUT2D eigenvalue weighted by molar-refractivity contribution is 5.86. The number of rotatable bonds is 7. The molecule has 0 aromatic carbocycles. The molecule has 1 rings (SSSR count). The van der Waals surface area contributed by atoms with Gasteiger partial charge >= 0.3 is 0 Å². The normalized spacial score (nSPS) is 24.6. The maximum absolute atomic E-state index is 11.8. The molecule has 0 saturated carbocycles. The van der Waals surface area contributed by atoms with Crippen molar-refractivity contribution < 1.29 is 14.3 Å². The number of carbonyl (C=O) groups is 1. The van der Waals surface area contributed by atoms with Gasteiger partial charge in [0, 0.05) is 13.7 Å². The molecule has 0 aliphatic carbocycles. The van der Waals surface area contributed by atoms with Crippen molar-refractivity contribution in [3.8, 4) is 0 Å². The Bertz CT molecular complexity index is 215. The van der Waals surface area contributed by atoms with Crippen LogP contribution in [0.3, 0.4) is 0 Å². The van der Waals surface area contributed by atoms with Crippen LogP contribution in [0.25, 0.3) is 0 Å². The first-order chi connectivity index (χ1) is 7.69. The maximum atomic E-state index is 11.8. The molecule has 1 unspecified atom stereocenters. The summed E-state index contributed by atoms with van der Waals surface area (Å²) in [6.45, 7) is 5.12. The predicted octanol–water partition coefficient (Wildman–Crippen LogP) is -0.0923. The second-order valence-corrected chi connectivity index (χ2v) is 4.22. The summed E-state index contributed by atoms with van der Waals surface area (Å²) in [7, 11) is 1.64. The third-order valence-corrected chi connectivity index (χ3v) is 2.83. The zero-order valence-corrected chi connectivity index (χ0v) is 10.2. The van der Waals surface area contributed by atoms with Gasteiger partial charge in [-0.05, 0) is 26.3 Å². The summed E-state index contributed by atoms with van der Waals surface area (Å²) in [6, 6.07) is 0. The quantitative estimate of drug-likeness (QED) is 0.600. The zero-order valence-electron chi connectivity index (χ0n) is 10.2. The van der Waals surface area contributed by atoms with Gasteiger partial charge in [0.1, 0.15) is 0 Å². The van der Waals surface area contributed by atoms with Crippen LogP contribution in [0.15, 0.2) is 0 Å². The second-order valence-electron chi connectivity index (χ2n) is 4.22. The van der Waals surface area contributed by atoms with Gasteiger partial charge in [0.25, 0.3) is 0 Å². The van der Waals surface area contributed by atoms with E-state index in [9.17, 15) is 4.79 Å². The monoisotopic (exact) mass is 230 g/mol. The van der Waals surface area contributed by atoms with Crippen LogP contribution in [0.1, 0.15) is 19.8 Å². The van der Waals surface area contributed by atoms with E-state index in [-0.39, 0.29) is 11.4 Å². The standard InChI is InChI=1S/C11H22N2O3/c1-11(4-3-5-13-11)10(14)12-6-7-16-9-8-15-2/h13H,3-9H2,1-2H3,(H,12,14). The SMILES string of the molecule is COCCOCCNC(=O)C1(C)CCCN1. The number of hydrogen-bond donors (Lipinski definition) is 2. The minimum Gasteiger partial charge on any atom is -0.382 e. The highest BCUT2D eigenvalue weighted by Gasteiger charge is 2.35. The third kappa shape index (κ3) is 4.08. The number of ether oxygens (including phenoxy) is 2. The molecule has 1 aliphatic rings. The van der Waals surface area contributed by atoms with Gasteiger partial charge < -0.3 is 20.1 Å². The van der Waals surface area contributed by atoms with Crippen LogP contribution >= 0.6 is 0 Å². The average Bonchev–Trinajstić information content (AvgIpc) is 2.71. The van der Waals surface area contributed by atoms with Gasteiger partial charge in [-0.15, -0.1) is 0 Å². The third-order valence-electron chi connectivity index (χ3n) is 2.83. The van der Waals surface area contributed by atoms with Crippen molar-refractivity contribution in [1.82, 2.24) is 10.6 Å². The minimum absolute atomic E-state index is 0.0698. The molecule has 2 N–H and O–H groups in total. The van der Waals surface area contributed by atoms with Crippen molar-refractivity contribution in [1.29, 1.82) is 0 Å². The fourth-order valence-electron chi connectivity index (χ4n) is 1.76. The summed E-state index contributed by atoms with van der Waals surface area (Å²) in [4.78, 5) is 11.8. The lowest BCUT2D eigenvalue weighted by atomic mass is 9.99. The van der Waals surface area contributed by atoms with Crippen LogP contribution in [0.4, 0.5) is 0 Å². The molecule has 5 nitrogen and oxygen atoms in total. The summed E-state index contributed by atoms with van der Waals surface area (Å²) >= 11 is 0. The molecule has 1 saturated heterocycles. The van der Waals surface area contributed by atoms with Gasteiger partial charge in [-0.2, -0.15) is 0 Å². The van der Waals surface area contributed by atoms with E-state index in [1.54, 1.807) is 7.11 Å². The van der Waals surface area contributed by atoms with Gasteiger partial charge in [0.15, 0.2) is 0 Å². The molecular formula is C11H22N2O3. The molecule has 0 aromatic rings. The Morgan fingerprint density at radius 2 is 2.25 bits per heavy atom. The molecule has 1 heterocycles. The van der Waals surface area contributed by atoms with Crippen LogP contribution in [-0.2, 0) is 14.3 Å². The summed E-state index contributed by atoms with van der Waals surface area (Å²) in [5, 5.41) is 6.10. The van der Waals surface area contributed by atoms with Crippen molar-refractivity contribution >= 4 is 5.91 Å². The lowest BCUT2D eigenvalue weighted by Gasteiger charge is -2.22. The van der Waals surface area contributed by atoms with Crippen LogP contribution in [-0.4, -0.2) is 51.5 Å². The molecule has 0 spiro atoms. The van der Waals surface area contributed by atoms with Crippen molar-refractivity contribution in [2.45, 2.75) is 25.3 Å². The topological polar surface area (TPSA) is 59.6 Å². The Hall–Kier alpha value is -0.650. The number of hydrogen-bond acceptors (Lipinski definition) is 4. The van der Waals surface area contributed by atoms with E-state index in [1.807, 2.05) is 6.92 Å². The number of methoxy groups -OCH3 is 1. The van der Waals surface area contributed by atoms with Gasteiger partial charge in [-0.3, -0.25) is 4.79 Å².